The molecule has 0 aromatic heterocycles. The van der Waals surface area contributed by atoms with Crippen molar-refractivity contribution in [2.24, 2.45) is 5.73 Å². The van der Waals surface area contributed by atoms with E-state index >= 15 is 4.39 Å². The van der Waals surface area contributed by atoms with E-state index in [0.29, 0.717) is 46.6 Å². The third-order valence-corrected chi connectivity index (χ3v) is 8.32. The quantitative estimate of drug-likeness (QED) is 0.312. The summed E-state index contributed by atoms with van der Waals surface area (Å²) in [5.41, 5.74) is 12.8. The summed E-state index contributed by atoms with van der Waals surface area (Å²) in [6, 6.07) is 16.5. The highest BCUT2D eigenvalue weighted by Gasteiger charge is 2.41. The number of hydrogen-bond acceptors (Lipinski definition) is 5. The molecule has 1 aliphatic carbocycles. The van der Waals surface area contributed by atoms with Gasteiger partial charge < -0.3 is 10.5 Å². The predicted octanol–water partition coefficient (Wildman–Crippen LogP) is 8.05. The van der Waals surface area contributed by atoms with Crippen molar-refractivity contribution in [2.75, 3.05) is 4.90 Å². The van der Waals surface area contributed by atoms with Gasteiger partial charge in [0.2, 0.25) is 0 Å². The Morgan fingerprint density at radius 1 is 1.15 bits per heavy atom. The predicted molar refractivity (Wildman–Crippen MR) is 158 cm³/mol. The smallest absolute Gasteiger partial charge is 0.161 e. The zero-order chi connectivity index (χ0) is 28.7. The van der Waals surface area contributed by atoms with Crippen LogP contribution in [0.3, 0.4) is 0 Å². The minimum Gasteiger partial charge on any atom is -0.489 e. The van der Waals surface area contributed by atoms with E-state index in [4.69, 9.17) is 22.1 Å². The van der Waals surface area contributed by atoms with Gasteiger partial charge in [-0.15, -0.1) is 0 Å². The molecule has 5 nitrogen and oxygen atoms in total. The lowest BCUT2D eigenvalue weighted by Crippen LogP contribution is -2.39. The van der Waals surface area contributed by atoms with Gasteiger partial charge in [-0.1, -0.05) is 45.2 Å². The molecular formula is C32H28BrClFN3O2. The number of nitriles is 1. The number of aryl methyl sites for hydroxylation is 2. The molecule has 3 aromatic rings. The second-order valence-corrected chi connectivity index (χ2v) is 11.6. The SMILES string of the molecule is Cc1cc(COc2ccc(Cl)cc2C)c(C)c(C2C(C#N)=C(N)N(c3ccc(Br)cc3F)C3=C2C(=O)CCC3)c1. The molecule has 5 rings (SSSR count). The van der Waals surface area contributed by atoms with E-state index in [1.54, 1.807) is 23.1 Å². The highest BCUT2D eigenvalue weighted by molar-refractivity contribution is 9.10. The maximum absolute atomic E-state index is 15.2. The molecule has 0 bridgehead atoms. The van der Waals surface area contributed by atoms with Gasteiger partial charge in [-0.05, 0) is 92.3 Å². The first kappa shape index (κ1) is 27.9. The summed E-state index contributed by atoms with van der Waals surface area (Å²) in [7, 11) is 0. The summed E-state index contributed by atoms with van der Waals surface area (Å²) in [5.74, 6) is -0.340. The molecule has 2 N–H and O–H groups in total. The van der Waals surface area contributed by atoms with Crippen molar-refractivity contribution < 1.29 is 13.9 Å². The number of ether oxygens (including phenoxy) is 1. The molecule has 0 amide bonds. The number of halogens is 3. The zero-order valence-electron chi connectivity index (χ0n) is 22.4. The van der Waals surface area contributed by atoms with Gasteiger partial charge in [0, 0.05) is 27.2 Å². The lowest BCUT2D eigenvalue weighted by atomic mass is 9.73. The first-order valence-electron chi connectivity index (χ1n) is 13.0. The Kier molecular flexibility index (Phi) is 7.76. The fraction of sp³-hybridized carbons (Fsp3) is 0.250. The Morgan fingerprint density at radius 2 is 1.93 bits per heavy atom. The number of hydrogen-bond donors (Lipinski definition) is 1. The number of carbonyl (C=O) groups excluding carboxylic acids is 1. The van der Waals surface area contributed by atoms with E-state index in [1.165, 1.54) is 6.07 Å². The Balaban J connectivity index is 1.64. The normalized spacial score (nSPS) is 17.2. The molecular weight excluding hydrogens is 593 g/mol. The molecule has 0 saturated carbocycles. The lowest BCUT2D eigenvalue weighted by molar-refractivity contribution is -0.116. The molecule has 1 atom stereocenters. The van der Waals surface area contributed by atoms with Crippen LogP contribution in [-0.4, -0.2) is 5.78 Å². The van der Waals surface area contributed by atoms with Crippen LogP contribution in [0.5, 0.6) is 5.75 Å². The van der Waals surface area contributed by atoms with E-state index in [-0.39, 0.29) is 22.9 Å². The fourth-order valence-corrected chi connectivity index (χ4v) is 6.24. The van der Waals surface area contributed by atoms with Crippen LogP contribution < -0.4 is 15.4 Å². The van der Waals surface area contributed by atoms with Crippen molar-refractivity contribution >= 4 is 39.0 Å². The van der Waals surface area contributed by atoms with Crippen LogP contribution >= 0.6 is 27.5 Å². The summed E-state index contributed by atoms with van der Waals surface area (Å²) in [6.45, 7) is 6.19. The molecule has 1 unspecified atom stereocenters. The van der Waals surface area contributed by atoms with Gasteiger partial charge in [0.15, 0.2) is 5.78 Å². The van der Waals surface area contributed by atoms with Crippen LogP contribution in [0.15, 0.2) is 75.7 Å². The van der Waals surface area contributed by atoms with Crippen LogP contribution in [0, 0.1) is 37.9 Å². The number of nitrogens with two attached hydrogens (primary N) is 1. The third kappa shape index (κ3) is 5.02. The standard InChI is InChI=1S/C32H28BrClFN3O2/c1-17-11-20(16-40-29-10-8-22(34)13-18(29)2)19(3)23(12-17)30-24(15-36)32(37)38(26-9-7-21(33)14-25(26)35)27-5-4-6-28(39)31(27)30/h7-14,30H,4-6,16,37H2,1-3H3. The summed E-state index contributed by atoms with van der Waals surface area (Å²) in [6.07, 6.45) is 1.53. The topological polar surface area (TPSA) is 79.3 Å². The Hall–Kier alpha value is -3.60. The number of Topliss-reactive ketones (excluding diaryl/α,β-unsaturated/α-hetero) is 1. The van der Waals surface area contributed by atoms with Crippen molar-refractivity contribution in [2.45, 2.75) is 52.6 Å². The number of anilines is 1. The Bertz CT molecular complexity index is 1660. The van der Waals surface area contributed by atoms with Crippen LogP contribution in [0.4, 0.5) is 10.1 Å². The monoisotopic (exact) mass is 619 g/mol. The van der Waals surface area contributed by atoms with E-state index in [0.717, 1.165) is 33.6 Å². The van der Waals surface area contributed by atoms with Gasteiger partial charge in [-0.3, -0.25) is 9.69 Å². The molecule has 1 aliphatic heterocycles. The van der Waals surface area contributed by atoms with Crippen LogP contribution in [0.25, 0.3) is 0 Å². The average Bonchev–Trinajstić information content (AvgIpc) is 2.90. The number of benzene rings is 3. The summed E-state index contributed by atoms with van der Waals surface area (Å²) in [4.78, 5) is 15.1. The molecule has 40 heavy (non-hydrogen) atoms. The van der Waals surface area contributed by atoms with Gasteiger partial charge in [-0.25, -0.2) is 4.39 Å². The maximum atomic E-state index is 15.2. The number of ketones is 1. The summed E-state index contributed by atoms with van der Waals surface area (Å²) >= 11 is 9.40. The highest BCUT2D eigenvalue weighted by atomic mass is 79.9. The molecule has 0 radical (unpaired) electrons. The van der Waals surface area contributed by atoms with E-state index in [9.17, 15) is 10.1 Å². The number of carbonyl (C=O) groups is 1. The van der Waals surface area contributed by atoms with Gasteiger partial charge in [0.05, 0.1) is 23.2 Å². The Morgan fingerprint density at radius 3 is 2.62 bits per heavy atom. The minimum atomic E-state index is -0.654. The highest BCUT2D eigenvalue weighted by Crippen LogP contribution is 2.48. The second-order valence-electron chi connectivity index (χ2n) is 10.2. The molecule has 8 heteroatoms. The number of allylic oxidation sites excluding steroid dienone is 3. The van der Waals surface area contributed by atoms with Crippen molar-refractivity contribution in [3.05, 3.63) is 114 Å². The molecule has 1 heterocycles. The largest absolute Gasteiger partial charge is 0.489 e. The fourth-order valence-electron chi connectivity index (χ4n) is 5.68. The van der Waals surface area contributed by atoms with E-state index in [2.05, 4.69) is 22.0 Å². The molecule has 204 valence electrons. The number of nitrogens with zero attached hydrogens (tertiary/aromatic N) is 2. The minimum absolute atomic E-state index is 0.0514. The molecule has 0 fully saturated rings. The third-order valence-electron chi connectivity index (χ3n) is 7.59. The maximum Gasteiger partial charge on any atom is 0.161 e. The number of rotatable bonds is 5. The van der Waals surface area contributed by atoms with Crippen molar-refractivity contribution in [1.29, 1.82) is 5.26 Å². The van der Waals surface area contributed by atoms with Gasteiger partial charge >= 0.3 is 0 Å². The van der Waals surface area contributed by atoms with Crippen LogP contribution in [0.2, 0.25) is 5.02 Å². The van der Waals surface area contributed by atoms with Gasteiger partial charge in [-0.2, -0.15) is 5.26 Å². The summed E-state index contributed by atoms with van der Waals surface area (Å²) in [5, 5.41) is 11.0. The molecule has 0 spiro atoms. The second kappa shape index (κ2) is 11.1. The average molecular weight is 621 g/mol. The first-order chi connectivity index (χ1) is 19.1. The molecule has 2 aliphatic rings. The lowest BCUT2D eigenvalue weighted by Gasteiger charge is -2.40. The van der Waals surface area contributed by atoms with Crippen molar-refractivity contribution in [1.82, 2.24) is 0 Å². The zero-order valence-corrected chi connectivity index (χ0v) is 24.8. The summed E-state index contributed by atoms with van der Waals surface area (Å²) < 4.78 is 21.9. The molecule has 3 aromatic carbocycles. The van der Waals surface area contributed by atoms with Crippen LogP contribution in [-0.2, 0) is 11.4 Å². The van der Waals surface area contributed by atoms with Gasteiger partial charge in [0.25, 0.3) is 0 Å². The molecule has 0 saturated heterocycles. The van der Waals surface area contributed by atoms with E-state index < -0.39 is 11.7 Å². The van der Waals surface area contributed by atoms with Crippen LogP contribution in [0.1, 0.15) is 53.0 Å². The Labute approximate surface area is 246 Å². The first-order valence-corrected chi connectivity index (χ1v) is 14.2. The van der Waals surface area contributed by atoms with Crippen molar-refractivity contribution in [3.63, 3.8) is 0 Å². The van der Waals surface area contributed by atoms with E-state index in [1.807, 2.05) is 45.0 Å². The van der Waals surface area contributed by atoms with Gasteiger partial charge in [0.1, 0.15) is 24.0 Å². The van der Waals surface area contributed by atoms with Crippen molar-refractivity contribution in [3.8, 4) is 11.8 Å².